The quantitative estimate of drug-likeness (QED) is 0.643. The molecule has 0 aromatic heterocycles. The SMILES string of the molecule is CC1CCC(NCCCCCO)CC1. The highest BCUT2D eigenvalue weighted by Crippen LogP contribution is 2.23. The van der Waals surface area contributed by atoms with Crippen LogP contribution in [-0.2, 0) is 0 Å². The molecule has 1 aliphatic rings. The number of aliphatic hydroxyl groups is 1. The summed E-state index contributed by atoms with van der Waals surface area (Å²) in [5, 5.41) is 12.2. The third-order valence-electron chi connectivity index (χ3n) is 3.28. The molecule has 0 saturated heterocycles. The van der Waals surface area contributed by atoms with Crippen LogP contribution < -0.4 is 5.32 Å². The summed E-state index contributed by atoms with van der Waals surface area (Å²) in [4.78, 5) is 0. The Labute approximate surface area is 88.1 Å². The number of rotatable bonds is 6. The molecule has 0 radical (unpaired) electrons. The van der Waals surface area contributed by atoms with Crippen molar-refractivity contribution in [1.82, 2.24) is 5.32 Å². The predicted molar refractivity (Wildman–Crippen MR) is 60.4 cm³/mol. The van der Waals surface area contributed by atoms with Crippen LogP contribution in [-0.4, -0.2) is 24.3 Å². The molecule has 0 spiro atoms. The maximum absolute atomic E-state index is 8.62. The molecular weight excluding hydrogens is 174 g/mol. The topological polar surface area (TPSA) is 32.3 Å². The minimum Gasteiger partial charge on any atom is -0.396 e. The minimum atomic E-state index is 0.348. The second-order valence-corrected chi connectivity index (χ2v) is 4.70. The normalized spacial score (nSPS) is 27.9. The summed E-state index contributed by atoms with van der Waals surface area (Å²) in [6.45, 7) is 3.84. The van der Waals surface area contributed by atoms with E-state index in [1.807, 2.05) is 0 Å². The molecule has 1 saturated carbocycles. The van der Waals surface area contributed by atoms with E-state index in [9.17, 15) is 0 Å². The minimum absolute atomic E-state index is 0.348. The molecule has 1 fully saturated rings. The van der Waals surface area contributed by atoms with E-state index in [0.717, 1.165) is 31.3 Å². The maximum atomic E-state index is 8.62. The zero-order valence-corrected chi connectivity index (χ0v) is 9.47. The number of nitrogens with one attached hydrogen (secondary N) is 1. The van der Waals surface area contributed by atoms with E-state index in [1.165, 1.54) is 32.1 Å². The molecular formula is C12H25NO. The van der Waals surface area contributed by atoms with Crippen molar-refractivity contribution in [2.24, 2.45) is 5.92 Å². The van der Waals surface area contributed by atoms with E-state index in [4.69, 9.17) is 5.11 Å². The Kier molecular flexibility index (Phi) is 6.20. The van der Waals surface area contributed by atoms with Gasteiger partial charge in [-0.25, -0.2) is 0 Å². The molecule has 2 heteroatoms. The molecule has 0 aromatic carbocycles. The van der Waals surface area contributed by atoms with Gasteiger partial charge in [0.05, 0.1) is 0 Å². The van der Waals surface area contributed by atoms with Crippen molar-refractivity contribution in [3.8, 4) is 0 Å². The molecule has 0 atom stereocenters. The summed E-state index contributed by atoms with van der Waals surface area (Å²) < 4.78 is 0. The third kappa shape index (κ3) is 4.97. The summed E-state index contributed by atoms with van der Waals surface area (Å²) in [6.07, 6.45) is 8.85. The molecule has 84 valence electrons. The van der Waals surface area contributed by atoms with E-state index in [2.05, 4.69) is 12.2 Å². The number of hydrogen-bond donors (Lipinski definition) is 2. The van der Waals surface area contributed by atoms with Crippen LogP contribution in [0, 0.1) is 5.92 Å². The Balaban J connectivity index is 1.91. The molecule has 0 aromatic rings. The zero-order valence-electron chi connectivity index (χ0n) is 9.47. The lowest BCUT2D eigenvalue weighted by Crippen LogP contribution is -2.33. The van der Waals surface area contributed by atoms with Crippen molar-refractivity contribution in [3.63, 3.8) is 0 Å². The van der Waals surface area contributed by atoms with Gasteiger partial charge in [-0.3, -0.25) is 0 Å². The molecule has 2 nitrogen and oxygen atoms in total. The number of hydrogen-bond acceptors (Lipinski definition) is 2. The molecule has 0 bridgehead atoms. The highest BCUT2D eigenvalue weighted by molar-refractivity contribution is 4.74. The van der Waals surface area contributed by atoms with Crippen molar-refractivity contribution < 1.29 is 5.11 Å². The smallest absolute Gasteiger partial charge is 0.0431 e. The third-order valence-corrected chi connectivity index (χ3v) is 3.28. The summed E-state index contributed by atoms with van der Waals surface area (Å²) in [5.74, 6) is 0.947. The van der Waals surface area contributed by atoms with Crippen molar-refractivity contribution in [3.05, 3.63) is 0 Å². The van der Waals surface area contributed by atoms with E-state index >= 15 is 0 Å². The summed E-state index contributed by atoms with van der Waals surface area (Å²) >= 11 is 0. The monoisotopic (exact) mass is 199 g/mol. The highest BCUT2D eigenvalue weighted by atomic mass is 16.2. The summed E-state index contributed by atoms with van der Waals surface area (Å²) in [7, 11) is 0. The van der Waals surface area contributed by atoms with Crippen molar-refractivity contribution >= 4 is 0 Å². The number of aliphatic hydroxyl groups excluding tert-OH is 1. The fraction of sp³-hybridized carbons (Fsp3) is 1.00. The molecule has 0 heterocycles. The van der Waals surface area contributed by atoms with Crippen LogP contribution in [0.2, 0.25) is 0 Å². The van der Waals surface area contributed by atoms with Gasteiger partial charge in [-0.05, 0) is 57.4 Å². The van der Waals surface area contributed by atoms with Gasteiger partial charge in [0.1, 0.15) is 0 Å². The second kappa shape index (κ2) is 7.24. The molecule has 14 heavy (non-hydrogen) atoms. The van der Waals surface area contributed by atoms with Crippen LogP contribution in [0.4, 0.5) is 0 Å². The lowest BCUT2D eigenvalue weighted by molar-refractivity contribution is 0.279. The zero-order chi connectivity index (χ0) is 10.2. The van der Waals surface area contributed by atoms with Gasteiger partial charge < -0.3 is 10.4 Å². The van der Waals surface area contributed by atoms with Crippen LogP contribution >= 0.6 is 0 Å². The lowest BCUT2D eigenvalue weighted by Gasteiger charge is -2.27. The van der Waals surface area contributed by atoms with Gasteiger partial charge in [0.2, 0.25) is 0 Å². The Morgan fingerprint density at radius 1 is 1.07 bits per heavy atom. The second-order valence-electron chi connectivity index (χ2n) is 4.70. The predicted octanol–water partition coefficient (Wildman–Crippen LogP) is 2.32. The van der Waals surface area contributed by atoms with E-state index in [0.29, 0.717) is 6.61 Å². The van der Waals surface area contributed by atoms with Crippen LogP contribution in [0.15, 0.2) is 0 Å². The first kappa shape index (κ1) is 12.0. The first-order chi connectivity index (χ1) is 6.83. The average molecular weight is 199 g/mol. The Hall–Kier alpha value is -0.0800. The molecule has 0 amide bonds. The number of unbranched alkanes of at least 4 members (excludes halogenated alkanes) is 2. The van der Waals surface area contributed by atoms with E-state index in [-0.39, 0.29) is 0 Å². The largest absolute Gasteiger partial charge is 0.396 e. The van der Waals surface area contributed by atoms with Gasteiger partial charge in [-0.2, -0.15) is 0 Å². The van der Waals surface area contributed by atoms with Gasteiger partial charge >= 0.3 is 0 Å². The molecule has 1 aliphatic carbocycles. The average Bonchev–Trinajstić information content (AvgIpc) is 2.21. The van der Waals surface area contributed by atoms with Gasteiger partial charge in [-0.1, -0.05) is 6.92 Å². The van der Waals surface area contributed by atoms with Crippen molar-refractivity contribution in [2.45, 2.75) is 57.9 Å². The standard InChI is InChI=1S/C12H25NO/c1-11-5-7-12(8-6-11)13-9-3-2-4-10-14/h11-14H,2-10H2,1H3. The van der Waals surface area contributed by atoms with Gasteiger partial charge in [0.15, 0.2) is 0 Å². The highest BCUT2D eigenvalue weighted by Gasteiger charge is 2.16. The molecule has 0 aliphatic heterocycles. The Morgan fingerprint density at radius 2 is 1.79 bits per heavy atom. The molecule has 2 N–H and O–H groups in total. The van der Waals surface area contributed by atoms with Gasteiger partial charge in [-0.15, -0.1) is 0 Å². The fourth-order valence-corrected chi connectivity index (χ4v) is 2.18. The Bertz CT molecular complexity index is 130. The summed E-state index contributed by atoms with van der Waals surface area (Å²) in [5.41, 5.74) is 0. The van der Waals surface area contributed by atoms with Gasteiger partial charge in [0, 0.05) is 12.6 Å². The van der Waals surface area contributed by atoms with Crippen molar-refractivity contribution in [1.29, 1.82) is 0 Å². The van der Waals surface area contributed by atoms with E-state index < -0.39 is 0 Å². The lowest BCUT2D eigenvalue weighted by atomic mass is 9.87. The summed E-state index contributed by atoms with van der Waals surface area (Å²) in [6, 6.07) is 0.778. The van der Waals surface area contributed by atoms with E-state index in [1.54, 1.807) is 0 Å². The van der Waals surface area contributed by atoms with Crippen LogP contribution in [0.3, 0.4) is 0 Å². The maximum Gasteiger partial charge on any atom is 0.0431 e. The van der Waals surface area contributed by atoms with Crippen molar-refractivity contribution in [2.75, 3.05) is 13.2 Å². The molecule has 0 unspecified atom stereocenters. The Morgan fingerprint density at radius 3 is 2.43 bits per heavy atom. The fourth-order valence-electron chi connectivity index (χ4n) is 2.18. The van der Waals surface area contributed by atoms with Crippen LogP contribution in [0.25, 0.3) is 0 Å². The first-order valence-electron chi connectivity index (χ1n) is 6.17. The van der Waals surface area contributed by atoms with Crippen LogP contribution in [0.1, 0.15) is 51.9 Å². The van der Waals surface area contributed by atoms with Crippen LogP contribution in [0.5, 0.6) is 0 Å². The van der Waals surface area contributed by atoms with Gasteiger partial charge in [0.25, 0.3) is 0 Å². The first-order valence-corrected chi connectivity index (χ1v) is 6.17. The molecule has 1 rings (SSSR count).